The second-order valence-corrected chi connectivity index (χ2v) is 6.04. The highest BCUT2D eigenvalue weighted by atomic mass is 16.2. The van der Waals surface area contributed by atoms with Crippen molar-refractivity contribution in [3.63, 3.8) is 0 Å². The summed E-state index contributed by atoms with van der Waals surface area (Å²) in [6.07, 6.45) is 0.319. The molecule has 0 fully saturated rings. The van der Waals surface area contributed by atoms with Gasteiger partial charge in [-0.2, -0.15) is 0 Å². The molecule has 0 aliphatic carbocycles. The number of ketones is 1. The standard InChI is InChI=1S/C19H19N5O2/c1-13-3-5-14(6-4-13)17(25)11-12-18(26)20-16-9-7-15(8-10-16)19-21-22-23-24(19)2/h3-10H,11-12H2,1-2H3,(H,20,26). The number of nitrogens with one attached hydrogen (secondary N) is 1. The second kappa shape index (κ2) is 7.69. The molecular formula is C19H19N5O2. The second-order valence-electron chi connectivity index (χ2n) is 6.04. The van der Waals surface area contributed by atoms with Crippen molar-refractivity contribution in [3.05, 3.63) is 59.7 Å². The van der Waals surface area contributed by atoms with E-state index in [1.807, 2.05) is 31.2 Å². The molecule has 0 saturated heterocycles. The first-order valence-corrected chi connectivity index (χ1v) is 8.25. The highest BCUT2D eigenvalue weighted by Gasteiger charge is 2.10. The van der Waals surface area contributed by atoms with E-state index >= 15 is 0 Å². The van der Waals surface area contributed by atoms with E-state index in [1.54, 1.807) is 36.0 Å². The normalized spacial score (nSPS) is 10.5. The number of aryl methyl sites for hydroxylation is 2. The van der Waals surface area contributed by atoms with Crippen LogP contribution in [0.25, 0.3) is 11.4 Å². The lowest BCUT2D eigenvalue weighted by atomic mass is 10.0. The third-order valence-corrected chi connectivity index (χ3v) is 4.00. The summed E-state index contributed by atoms with van der Waals surface area (Å²) in [7, 11) is 1.76. The van der Waals surface area contributed by atoms with Crippen LogP contribution in [0.5, 0.6) is 0 Å². The van der Waals surface area contributed by atoms with Crippen LogP contribution in [0.4, 0.5) is 5.69 Å². The number of carbonyl (C=O) groups excluding carboxylic acids is 2. The number of nitrogens with zero attached hydrogens (tertiary/aromatic N) is 4. The van der Waals surface area contributed by atoms with Crippen LogP contribution in [0.3, 0.4) is 0 Å². The summed E-state index contributed by atoms with van der Waals surface area (Å²) >= 11 is 0. The molecule has 26 heavy (non-hydrogen) atoms. The van der Waals surface area contributed by atoms with Crippen molar-refractivity contribution in [2.45, 2.75) is 19.8 Å². The first-order chi connectivity index (χ1) is 12.5. The van der Waals surface area contributed by atoms with E-state index in [1.165, 1.54) is 0 Å². The molecule has 2 aromatic carbocycles. The number of hydrogen-bond donors (Lipinski definition) is 1. The van der Waals surface area contributed by atoms with E-state index in [9.17, 15) is 9.59 Å². The van der Waals surface area contributed by atoms with Crippen LogP contribution >= 0.6 is 0 Å². The fraction of sp³-hybridized carbons (Fsp3) is 0.211. The molecule has 0 spiro atoms. The minimum atomic E-state index is -0.196. The van der Waals surface area contributed by atoms with Gasteiger partial charge in [0.25, 0.3) is 0 Å². The molecule has 0 saturated carbocycles. The summed E-state index contributed by atoms with van der Waals surface area (Å²) in [4.78, 5) is 24.2. The number of hydrogen-bond acceptors (Lipinski definition) is 5. The Morgan fingerprint density at radius 1 is 1.00 bits per heavy atom. The van der Waals surface area contributed by atoms with Crippen molar-refractivity contribution in [2.75, 3.05) is 5.32 Å². The molecule has 7 heteroatoms. The topological polar surface area (TPSA) is 89.8 Å². The molecule has 132 valence electrons. The van der Waals surface area contributed by atoms with Crippen LogP contribution < -0.4 is 5.32 Å². The van der Waals surface area contributed by atoms with E-state index in [4.69, 9.17) is 0 Å². The third kappa shape index (κ3) is 4.18. The molecule has 1 amide bonds. The number of benzene rings is 2. The smallest absolute Gasteiger partial charge is 0.224 e. The van der Waals surface area contributed by atoms with Crippen LogP contribution in [-0.2, 0) is 11.8 Å². The zero-order chi connectivity index (χ0) is 18.5. The van der Waals surface area contributed by atoms with Gasteiger partial charge in [0.15, 0.2) is 11.6 Å². The molecule has 3 aromatic rings. The number of aromatic nitrogens is 4. The van der Waals surface area contributed by atoms with E-state index in [-0.39, 0.29) is 24.5 Å². The van der Waals surface area contributed by atoms with Crippen molar-refractivity contribution >= 4 is 17.4 Å². The van der Waals surface area contributed by atoms with Gasteiger partial charge in [0, 0.05) is 36.7 Å². The number of amides is 1. The lowest BCUT2D eigenvalue weighted by Gasteiger charge is -2.06. The molecule has 0 radical (unpaired) electrons. The average molecular weight is 349 g/mol. The highest BCUT2D eigenvalue weighted by molar-refractivity contribution is 6.00. The summed E-state index contributed by atoms with van der Waals surface area (Å²) in [6.45, 7) is 1.97. The van der Waals surface area contributed by atoms with Crippen LogP contribution in [0.1, 0.15) is 28.8 Å². The van der Waals surface area contributed by atoms with E-state index in [0.29, 0.717) is 17.1 Å². The Morgan fingerprint density at radius 3 is 2.31 bits per heavy atom. The van der Waals surface area contributed by atoms with E-state index < -0.39 is 0 Å². The number of anilines is 1. The van der Waals surface area contributed by atoms with Gasteiger partial charge in [0.1, 0.15) is 0 Å². The lowest BCUT2D eigenvalue weighted by molar-refractivity contribution is -0.116. The van der Waals surface area contributed by atoms with Gasteiger partial charge in [-0.1, -0.05) is 29.8 Å². The number of tetrazole rings is 1. The van der Waals surface area contributed by atoms with Crippen LogP contribution in [0.15, 0.2) is 48.5 Å². The Balaban J connectivity index is 1.54. The molecule has 0 bridgehead atoms. The van der Waals surface area contributed by atoms with Crippen LogP contribution in [0.2, 0.25) is 0 Å². The highest BCUT2D eigenvalue weighted by Crippen LogP contribution is 2.18. The summed E-state index contributed by atoms with van der Waals surface area (Å²) in [5.41, 5.74) is 3.24. The summed E-state index contributed by atoms with van der Waals surface area (Å²) in [5.74, 6) is 0.412. The summed E-state index contributed by atoms with van der Waals surface area (Å²) in [5, 5.41) is 14.1. The Labute approximate surface area is 151 Å². The molecule has 0 aliphatic rings. The summed E-state index contributed by atoms with van der Waals surface area (Å²) in [6, 6.07) is 14.6. The number of carbonyl (C=O) groups is 2. The zero-order valence-corrected chi connectivity index (χ0v) is 14.6. The van der Waals surface area contributed by atoms with E-state index in [2.05, 4.69) is 20.8 Å². The van der Waals surface area contributed by atoms with Crippen molar-refractivity contribution in [1.82, 2.24) is 20.2 Å². The SMILES string of the molecule is Cc1ccc(C(=O)CCC(=O)Nc2ccc(-c3nnnn3C)cc2)cc1. The van der Waals surface area contributed by atoms with Gasteiger partial charge in [-0.15, -0.1) is 5.10 Å². The maximum absolute atomic E-state index is 12.1. The third-order valence-electron chi connectivity index (χ3n) is 4.00. The fourth-order valence-electron chi connectivity index (χ4n) is 2.51. The predicted octanol–water partition coefficient (Wildman–Crippen LogP) is 2.79. The molecule has 0 unspecified atom stereocenters. The minimum Gasteiger partial charge on any atom is -0.326 e. The molecule has 1 aromatic heterocycles. The number of Topliss-reactive ketones (excluding diaryl/α,β-unsaturated/α-hetero) is 1. The van der Waals surface area contributed by atoms with Crippen molar-refractivity contribution in [2.24, 2.45) is 7.05 Å². The van der Waals surface area contributed by atoms with Gasteiger partial charge in [0.2, 0.25) is 5.91 Å². The molecule has 7 nitrogen and oxygen atoms in total. The van der Waals surface area contributed by atoms with Gasteiger partial charge >= 0.3 is 0 Å². The maximum atomic E-state index is 12.1. The average Bonchev–Trinajstić information content (AvgIpc) is 3.07. The number of rotatable bonds is 6. The quantitative estimate of drug-likeness (QED) is 0.691. The molecule has 1 heterocycles. The Bertz CT molecular complexity index is 914. The van der Waals surface area contributed by atoms with Gasteiger partial charge in [-0.25, -0.2) is 4.68 Å². The molecular weight excluding hydrogens is 330 g/mol. The molecule has 3 rings (SSSR count). The van der Waals surface area contributed by atoms with Crippen molar-refractivity contribution in [3.8, 4) is 11.4 Å². The van der Waals surface area contributed by atoms with Gasteiger partial charge in [-0.05, 0) is 41.6 Å². The van der Waals surface area contributed by atoms with Crippen molar-refractivity contribution < 1.29 is 9.59 Å². The zero-order valence-electron chi connectivity index (χ0n) is 14.6. The first-order valence-electron chi connectivity index (χ1n) is 8.25. The molecule has 0 atom stereocenters. The van der Waals surface area contributed by atoms with Crippen molar-refractivity contribution in [1.29, 1.82) is 0 Å². The lowest BCUT2D eigenvalue weighted by Crippen LogP contribution is -2.13. The van der Waals surface area contributed by atoms with Gasteiger partial charge in [0.05, 0.1) is 0 Å². The Hall–Kier alpha value is -3.35. The largest absolute Gasteiger partial charge is 0.326 e. The monoisotopic (exact) mass is 349 g/mol. The molecule has 1 N–H and O–H groups in total. The first kappa shape index (κ1) is 17.5. The van der Waals surface area contributed by atoms with Crippen LogP contribution in [-0.4, -0.2) is 31.9 Å². The fourth-order valence-corrected chi connectivity index (χ4v) is 2.51. The Morgan fingerprint density at radius 2 is 1.69 bits per heavy atom. The van der Waals surface area contributed by atoms with Gasteiger partial charge in [-0.3, -0.25) is 9.59 Å². The van der Waals surface area contributed by atoms with Crippen LogP contribution in [0, 0.1) is 6.92 Å². The molecule has 0 aliphatic heterocycles. The van der Waals surface area contributed by atoms with E-state index in [0.717, 1.165) is 11.1 Å². The summed E-state index contributed by atoms with van der Waals surface area (Å²) < 4.78 is 1.57. The predicted molar refractivity (Wildman–Crippen MR) is 97.6 cm³/mol. The maximum Gasteiger partial charge on any atom is 0.224 e. The minimum absolute atomic E-state index is 0.0368. The van der Waals surface area contributed by atoms with Gasteiger partial charge < -0.3 is 5.32 Å². The Kier molecular flexibility index (Phi) is 5.17.